The zero-order chi connectivity index (χ0) is 20.9. The first-order chi connectivity index (χ1) is 14.0. The third kappa shape index (κ3) is 4.99. The molecule has 0 fully saturated rings. The van der Waals surface area contributed by atoms with E-state index >= 15 is 0 Å². The molecule has 0 saturated heterocycles. The van der Waals surface area contributed by atoms with Crippen molar-refractivity contribution in [2.75, 3.05) is 26.9 Å². The van der Waals surface area contributed by atoms with Gasteiger partial charge in [0.25, 0.3) is 0 Å². The van der Waals surface area contributed by atoms with Crippen LogP contribution in [-0.2, 0) is 26.0 Å². The van der Waals surface area contributed by atoms with E-state index in [0.29, 0.717) is 5.01 Å². The predicted octanol–water partition coefficient (Wildman–Crippen LogP) is 3.31. The lowest BCUT2D eigenvalue weighted by Gasteiger charge is -2.21. The Labute approximate surface area is 173 Å². The number of methoxy groups -OCH3 is 1. The summed E-state index contributed by atoms with van der Waals surface area (Å²) in [4.78, 5) is 16.3. The Morgan fingerprint density at radius 1 is 1.17 bits per heavy atom. The highest BCUT2D eigenvalue weighted by Gasteiger charge is 2.26. The Bertz CT molecular complexity index is 1090. The standard InChI is InChI=1S/C20H22N2O5S2/c1-3-27-20(23)18-14-28-19(21-18)13-22(10-11-26-2)29(24,25)17-9-8-15-6-4-5-7-16(15)12-17/h4-9,12,14H,3,10-11,13H2,1-2H3. The van der Waals surface area contributed by atoms with Crippen molar-refractivity contribution in [3.05, 3.63) is 58.5 Å². The zero-order valence-electron chi connectivity index (χ0n) is 16.2. The molecule has 9 heteroatoms. The first kappa shape index (κ1) is 21.4. The Morgan fingerprint density at radius 3 is 2.66 bits per heavy atom. The molecule has 0 radical (unpaired) electrons. The number of carbonyl (C=O) groups is 1. The van der Waals surface area contributed by atoms with Crippen LogP contribution in [0.3, 0.4) is 0 Å². The van der Waals surface area contributed by atoms with Crippen LogP contribution < -0.4 is 0 Å². The molecule has 0 aliphatic rings. The van der Waals surface area contributed by atoms with Crippen LogP contribution in [0.25, 0.3) is 10.8 Å². The lowest BCUT2D eigenvalue weighted by molar-refractivity contribution is 0.0520. The van der Waals surface area contributed by atoms with Gasteiger partial charge in [0.15, 0.2) is 5.69 Å². The van der Waals surface area contributed by atoms with Crippen LogP contribution in [0.4, 0.5) is 0 Å². The van der Waals surface area contributed by atoms with Crippen molar-refractivity contribution in [1.82, 2.24) is 9.29 Å². The Morgan fingerprint density at radius 2 is 1.93 bits per heavy atom. The molecule has 0 aliphatic carbocycles. The maximum absolute atomic E-state index is 13.3. The van der Waals surface area contributed by atoms with Gasteiger partial charge in [-0.1, -0.05) is 30.3 Å². The molecule has 0 unspecified atom stereocenters. The van der Waals surface area contributed by atoms with Crippen molar-refractivity contribution in [2.45, 2.75) is 18.4 Å². The quantitative estimate of drug-likeness (QED) is 0.480. The number of hydrogen-bond donors (Lipinski definition) is 0. The molecule has 3 rings (SSSR count). The van der Waals surface area contributed by atoms with Gasteiger partial charge in [0.1, 0.15) is 5.01 Å². The summed E-state index contributed by atoms with van der Waals surface area (Å²) in [6.45, 7) is 2.42. The van der Waals surface area contributed by atoms with Gasteiger partial charge in [0, 0.05) is 19.0 Å². The Hall–Kier alpha value is -2.33. The number of carbonyl (C=O) groups excluding carboxylic acids is 1. The average molecular weight is 435 g/mol. The van der Waals surface area contributed by atoms with Gasteiger partial charge in [0.05, 0.1) is 24.7 Å². The number of esters is 1. The number of nitrogens with zero attached hydrogens (tertiary/aromatic N) is 2. The van der Waals surface area contributed by atoms with Crippen molar-refractivity contribution < 1.29 is 22.7 Å². The molecule has 154 valence electrons. The molecule has 1 aromatic heterocycles. The summed E-state index contributed by atoms with van der Waals surface area (Å²) in [6, 6.07) is 12.6. The molecule has 0 bridgehead atoms. The van der Waals surface area contributed by atoms with Crippen LogP contribution in [0, 0.1) is 0 Å². The molecule has 1 heterocycles. The lowest BCUT2D eigenvalue weighted by atomic mass is 10.1. The van der Waals surface area contributed by atoms with Crippen molar-refractivity contribution in [3.8, 4) is 0 Å². The fourth-order valence-corrected chi connectivity index (χ4v) is 5.07. The third-order valence-electron chi connectivity index (χ3n) is 4.25. The van der Waals surface area contributed by atoms with E-state index in [1.54, 1.807) is 30.5 Å². The highest BCUT2D eigenvalue weighted by atomic mass is 32.2. The summed E-state index contributed by atoms with van der Waals surface area (Å²) < 4.78 is 37.9. The number of benzene rings is 2. The van der Waals surface area contributed by atoms with E-state index in [1.165, 1.54) is 22.8 Å². The first-order valence-electron chi connectivity index (χ1n) is 9.05. The number of fused-ring (bicyclic) bond motifs is 1. The summed E-state index contributed by atoms with van der Waals surface area (Å²) >= 11 is 1.22. The smallest absolute Gasteiger partial charge is 0.357 e. The Balaban J connectivity index is 1.89. The normalized spacial score (nSPS) is 11.8. The fraction of sp³-hybridized carbons (Fsp3) is 0.300. The summed E-state index contributed by atoms with van der Waals surface area (Å²) in [5.41, 5.74) is 0.182. The fourth-order valence-electron chi connectivity index (χ4n) is 2.79. The summed E-state index contributed by atoms with van der Waals surface area (Å²) in [5, 5.41) is 3.89. The number of sulfonamides is 1. The first-order valence-corrected chi connectivity index (χ1v) is 11.4. The molecule has 3 aromatic rings. The van der Waals surface area contributed by atoms with Crippen molar-refractivity contribution in [3.63, 3.8) is 0 Å². The van der Waals surface area contributed by atoms with Gasteiger partial charge in [-0.25, -0.2) is 18.2 Å². The van der Waals surface area contributed by atoms with Crippen LogP contribution >= 0.6 is 11.3 Å². The third-order valence-corrected chi connectivity index (χ3v) is 6.93. The van der Waals surface area contributed by atoms with Crippen LogP contribution in [0.1, 0.15) is 22.4 Å². The maximum Gasteiger partial charge on any atom is 0.357 e. The molecule has 0 amide bonds. The molecular weight excluding hydrogens is 412 g/mol. The van der Waals surface area contributed by atoms with Crippen molar-refractivity contribution in [1.29, 1.82) is 0 Å². The van der Waals surface area contributed by atoms with E-state index < -0.39 is 16.0 Å². The van der Waals surface area contributed by atoms with Gasteiger partial charge in [-0.2, -0.15) is 4.31 Å². The van der Waals surface area contributed by atoms with E-state index in [2.05, 4.69) is 4.98 Å². The molecule has 2 aromatic carbocycles. The molecule has 0 N–H and O–H groups in total. The van der Waals surface area contributed by atoms with Crippen molar-refractivity contribution in [2.24, 2.45) is 0 Å². The average Bonchev–Trinajstić information content (AvgIpc) is 3.19. The second kappa shape index (κ2) is 9.45. The largest absolute Gasteiger partial charge is 0.461 e. The number of ether oxygens (including phenoxy) is 2. The van der Waals surface area contributed by atoms with Gasteiger partial charge in [-0.05, 0) is 29.8 Å². The van der Waals surface area contributed by atoms with E-state index in [9.17, 15) is 13.2 Å². The summed E-state index contributed by atoms with van der Waals surface area (Å²) in [6.07, 6.45) is 0. The van der Waals surface area contributed by atoms with E-state index in [0.717, 1.165) is 10.8 Å². The molecular formula is C20H22N2O5S2. The Kier molecular flexibility index (Phi) is 6.96. The second-order valence-corrected chi connectivity index (χ2v) is 9.07. The highest BCUT2D eigenvalue weighted by Crippen LogP contribution is 2.24. The van der Waals surface area contributed by atoms with Gasteiger partial charge in [-0.3, -0.25) is 0 Å². The highest BCUT2D eigenvalue weighted by molar-refractivity contribution is 7.89. The SMILES string of the molecule is CCOC(=O)c1csc(CN(CCOC)S(=O)(=O)c2ccc3ccccc3c2)n1. The summed E-state index contributed by atoms with van der Waals surface area (Å²) in [7, 11) is -2.26. The minimum Gasteiger partial charge on any atom is -0.461 e. The minimum atomic E-state index is -3.78. The van der Waals surface area contributed by atoms with Crippen LogP contribution in [0.15, 0.2) is 52.7 Å². The molecule has 0 saturated carbocycles. The van der Waals surface area contributed by atoms with E-state index in [4.69, 9.17) is 9.47 Å². The van der Waals surface area contributed by atoms with Gasteiger partial charge >= 0.3 is 5.97 Å². The van der Waals surface area contributed by atoms with Crippen LogP contribution in [-0.4, -0.2) is 50.5 Å². The minimum absolute atomic E-state index is 0.0442. The molecule has 0 spiro atoms. The van der Waals surface area contributed by atoms with E-state index in [1.807, 2.05) is 24.3 Å². The predicted molar refractivity (Wildman–Crippen MR) is 111 cm³/mol. The number of hydrogen-bond acceptors (Lipinski definition) is 7. The van der Waals surface area contributed by atoms with Gasteiger partial charge < -0.3 is 9.47 Å². The van der Waals surface area contributed by atoms with Gasteiger partial charge in [-0.15, -0.1) is 11.3 Å². The molecule has 7 nitrogen and oxygen atoms in total. The van der Waals surface area contributed by atoms with Crippen molar-refractivity contribution >= 4 is 38.1 Å². The monoisotopic (exact) mass is 434 g/mol. The maximum atomic E-state index is 13.3. The number of aromatic nitrogens is 1. The topological polar surface area (TPSA) is 85.8 Å². The number of thiazole rings is 1. The second-order valence-electron chi connectivity index (χ2n) is 6.19. The number of rotatable bonds is 9. The van der Waals surface area contributed by atoms with Gasteiger partial charge in [0.2, 0.25) is 10.0 Å². The molecule has 0 aliphatic heterocycles. The molecule has 0 atom stereocenters. The van der Waals surface area contributed by atoms with Crippen LogP contribution in [0.5, 0.6) is 0 Å². The zero-order valence-corrected chi connectivity index (χ0v) is 17.8. The van der Waals surface area contributed by atoms with Crippen LogP contribution in [0.2, 0.25) is 0 Å². The molecule has 29 heavy (non-hydrogen) atoms. The van der Waals surface area contributed by atoms with E-state index in [-0.39, 0.29) is 36.9 Å². The lowest BCUT2D eigenvalue weighted by Crippen LogP contribution is -2.33. The summed E-state index contributed by atoms with van der Waals surface area (Å²) in [5.74, 6) is -0.518.